The molecule has 0 saturated carbocycles. The van der Waals surface area contributed by atoms with Crippen LogP contribution in [0.25, 0.3) is 11.0 Å². The molecule has 2 heterocycles. The van der Waals surface area contributed by atoms with Crippen LogP contribution < -0.4 is 5.32 Å². The lowest BCUT2D eigenvalue weighted by molar-refractivity contribution is 0.161. The first-order chi connectivity index (χ1) is 6.84. The van der Waals surface area contributed by atoms with Crippen LogP contribution in [-0.4, -0.2) is 27.3 Å². The molecule has 3 rings (SSSR count). The van der Waals surface area contributed by atoms with Crippen LogP contribution in [0.2, 0.25) is 0 Å². The van der Waals surface area contributed by atoms with Crippen molar-refractivity contribution in [3.63, 3.8) is 0 Å². The van der Waals surface area contributed by atoms with Gasteiger partial charge in [0.15, 0.2) is 0 Å². The summed E-state index contributed by atoms with van der Waals surface area (Å²) in [5.41, 5.74) is 2.05. The molecule has 80 valence electrons. The van der Waals surface area contributed by atoms with Gasteiger partial charge < -0.3 is 15.0 Å². The molecule has 1 atom stereocenters. The molecule has 0 aliphatic carbocycles. The Bertz CT molecular complexity index is 482. The van der Waals surface area contributed by atoms with Crippen molar-refractivity contribution >= 4 is 29.4 Å². The number of rotatable bonds is 0. The van der Waals surface area contributed by atoms with Gasteiger partial charge in [0, 0.05) is 6.54 Å². The average molecular weight is 226 g/mol. The highest BCUT2D eigenvalue weighted by atomic mass is 35.5. The van der Waals surface area contributed by atoms with Crippen molar-refractivity contribution in [2.45, 2.75) is 12.6 Å². The van der Waals surface area contributed by atoms with E-state index < -0.39 is 0 Å². The molecule has 1 aromatic carbocycles. The molecule has 0 spiro atoms. The number of anilines is 1. The van der Waals surface area contributed by atoms with Crippen molar-refractivity contribution in [2.24, 2.45) is 0 Å². The number of nitrogens with zero attached hydrogens (tertiary/aromatic N) is 2. The van der Waals surface area contributed by atoms with E-state index in [9.17, 15) is 5.11 Å². The van der Waals surface area contributed by atoms with Crippen LogP contribution in [0.1, 0.15) is 0 Å². The maximum atomic E-state index is 9.52. The molecular formula is C10H12ClN3O. The fourth-order valence-corrected chi connectivity index (χ4v) is 1.88. The van der Waals surface area contributed by atoms with Gasteiger partial charge in [-0.15, -0.1) is 12.4 Å². The molecule has 1 aliphatic heterocycles. The van der Waals surface area contributed by atoms with Crippen molar-refractivity contribution in [3.05, 3.63) is 24.3 Å². The van der Waals surface area contributed by atoms with Gasteiger partial charge >= 0.3 is 0 Å². The molecule has 0 saturated heterocycles. The standard InChI is InChI=1S/C10H11N3O.ClH/c14-7-5-11-10-12-8-3-1-2-4-9(8)13(10)6-7;/h1-4,7,14H,5-6H2,(H,11,12);1H. The third-order valence-electron chi connectivity index (χ3n) is 2.54. The van der Waals surface area contributed by atoms with Crippen LogP contribution in [0.4, 0.5) is 5.95 Å². The first-order valence-electron chi connectivity index (χ1n) is 4.72. The zero-order chi connectivity index (χ0) is 9.54. The van der Waals surface area contributed by atoms with E-state index in [0.717, 1.165) is 17.0 Å². The molecule has 1 aromatic heterocycles. The van der Waals surface area contributed by atoms with Gasteiger partial charge in [-0.25, -0.2) is 4.98 Å². The third kappa shape index (κ3) is 1.56. The molecule has 0 radical (unpaired) electrons. The van der Waals surface area contributed by atoms with E-state index in [1.807, 2.05) is 28.8 Å². The third-order valence-corrected chi connectivity index (χ3v) is 2.54. The summed E-state index contributed by atoms with van der Waals surface area (Å²) in [6, 6.07) is 7.95. The summed E-state index contributed by atoms with van der Waals surface area (Å²) in [5.74, 6) is 0.858. The molecule has 0 bridgehead atoms. The van der Waals surface area contributed by atoms with E-state index in [0.29, 0.717) is 13.1 Å². The van der Waals surface area contributed by atoms with E-state index in [-0.39, 0.29) is 18.5 Å². The maximum absolute atomic E-state index is 9.52. The number of halogens is 1. The monoisotopic (exact) mass is 225 g/mol. The zero-order valence-electron chi connectivity index (χ0n) is 8.05. The highest BCUT2D eigenvalue weighted by molar-refractivity contribution is 5.85. The second kappa shape index (κ2) is 3.72. The van der Waals surface area contributed by atoms with Crippen LogP contribution in [0.15, 0.2) is 24.3 Å². The fourth-order valence-electron chi connectivity index (χ4n) is 1.88. The summed E-state index contributed by atoms with van der Waals surface area (Å²) in [7, 11) is 0. The Kier molecular flexibility index (Phi) is 2.54. The zero-order valence-corrected chi connectivity index (χ0v) is 8.87. The second-order valence-electron chi connectivity index (χ2n) is 3.57. The normalized spacial score (nSPS) is 19.1. The van der Waals surface area contributed by atoms with Crippen molar-refractivity contribution in [3.8, 4) is 0 Å². The number of benzene rings is 1. The topological polar surface area (TPSA) is 50.1 Å². The van der Waals surface area contributed by atoms with Gasteiger partial charge in [0.1, 0.15) is 0 Å². The molecule has 4 nitrogen and oxygen atoms in total. The molecule has 0 fully saturated rings. The predicted molar refractivity (Wildman–Crippen MR) is 61.5 cm³/mol. The second-order valence-corrected chi connectivity index (χ2v) is 3.57. The lowest BCUT2D eigenvalue weighted by Crippen LogP contribution is -2.31. The van der Waals surface area contributed by atoms with Gasteiger partial charge in [0.2, 0.25) is 5.95 Å². The molecule has 1 unspecified atom stereocenters. The van der Waals surface area contributed by atoms with Crippen LogP contribution in [-0.2, 0) is 6.54 Å². The van der Waals surface area contributed by atoms with E-state index in [1.165, 1.54) is 0 Å². The molecule has 2 aromatic rings. The van der Waals surface area contributed by atoms with Crippen LogP contribution in [0, 0.1) is 0 Å². The van der Waals surface area contributed by atoms with E-state index >= 15 is 0 Å². The average Bonchev–Trinajstić information content (AvgIpc) is 2.56. The minimum absolute atomic E-state index is 0. The highest BCUT2D eigenvalue weighted by Crippen LogP contribution is 2.22. The van der Waals surface area contributed by atoms with E-state index in [4.69, 9.17) is 0 Å². The van der Waals surface area contributed by atoms with Crippen molar-refractivity contribution in [1.82, 2.24) is 9.55 Å². The number of para-hydroxylation sites is 2. The summed E-state index contributed by atoms with van der Waals surface area (Å²) in [6.45, 7) is 1.21. The number of nitrogens with one attached hydrogen (secondary N) is 1. The Labute approximate surface area is 93.3 Å². The number of aliphatic hydroxyl groups excluding tert-OH is 1. The Hall–Kier alpha value is -1.26. The van der Waals surface area contributed by atoms with Gasteiger partial charge in [0.25, 0.3) is 0 Å². The molecule has 1 aliphatic rings. The Balaban J connectivity index is 0.000000853. The summed E-state index contributed by atoms with van der Waals surface area (Å²) >= 11 is 0. The lowest BCUT2D eigenvalue weighted by atomic mass is 10.3. The molecule has 0 amide bonds. The van der Waals surface area contributed by atoms with Crippen LogP contribution >= 0.6 is 12.4 Å². The van der Waals surface area contributed by atoms with Gasteiger partial charge in [-0.3, -0.25) is 0 Å². The minimum atomic E-state index is -0.319. The predicted octanol–water partition coefficient (Wildman–Crippen LogP) is 1.24. The minimum Gasteiger partial charge on any atom is -0.389 e. The highest BCUT2D eigenvalue weighted by Gasteiger charge is 2.18. The Morgan fingerprint density at radius 2 is 2.20 bits per heavy atom. The number of fused-ring (bicyclic) bond motifs is 3. The molecular weight excluding hydrogens is 214 g/mol. The largest absolute Gasteiger partial charge is 0.389 e. The summed E-state index contributed by atoms with van der Waals surface area (Å²) < 4.78 is 2.02. The summed E-state index contributed by atoms with van der Waals surface area (Å²) in [4.78, 5) is 4.43. The molecule has 5 heteroatoms. The van der Waals surface area contributed by atoms with Gasteiger partial charge in [-0.2, -0.15) is 0 Å². The number of hydrogen-bond acceptors (Lipinski definition) is 3. The van der Waals surface area contributed by atoms with Crippen molar-refractivity contribution in [1.29, 1.82) is 0 Å². The quantitative estimate of drug-likeness (QED) is 0.710. The first-order valence-corrected chi connectivity index (χ1v) is 4.72. The van der Waals surface area contributed by atoms with E-state index in [2.05, 4.69) is 10.3 Å². The first kappa shape index (κ1) is 10.3. The SMILES string of the molecule is Cl.OC1CNc2nc3ccccc3n2C1. The Morgan fingerprint density at radius 3 is 3.07 bits per heavy atom. The van der Waals surface area contributed by atoms with Crippen molar-refractivity contribution < 1.29 is 5.11 Å². The van der Waals surface area contributed by atoms with Gasteiger partial charge in [0.05, 0.1) is 23.7 Å². The van der Waals surface area contributed by atoms with Crippen LogP contribution in [0.3, 0.4) is 0 Å². The number of aliphatic hydroxyl groups is 1. The van der Waals surface area contributed by atoms with Crippen LogP contribution in [0.5, 0.6) is 0 Å². The maximum Gasteiger partial charge on any atom is 0.204 e. The van der Waals surface area contributed by atoms with Gasteiger partial charge in [-0.05, 0) is 12.1 Å². The molecule has 2 N–H and O–H groups in total. The molecule has 15 heavy (non-hydrogen) atoms. The smallest absolute Gasteiger partial charge is 0.204 e. The van der Waals surface area contributed by atoms with Gasteiger partial charge in [-0.1, -0.05) is 12.1 Å². The number of imidazole rings is 1. The number of aromatic nitrogens is 2. The summed E-state index contributed by atoms with van der Waals surface area (Å²) in [5, 5.41) is 12.6. The Morgan fingerprint density at radius 1 is 1.40 bits per heavy atom. The van der Waals surface area contributed by atoms with Crippen molar-refractivity contribution in [2.75, 3.05) is 11.9 Å². The number of β-amino-alcohol motifs (C(OH)–C–C–N with tert-alkyl or cyclic N) is 1. The number of hydrogen-bond donors (Lipinski definition) is 2. The fraction of sp³-hybridized carbons (Fsp3) is 0.300. The lowest BCUT2D eigenvalue weighted by Gasteiger charge is -2.21. The van der Waals surface area contributed by atoms with E-state index in [1.54, 1.807) is 0 Å². The summed E-state index contributed by atoms with van der Waals surface area (Å²) in [6.07, 6.45) is -0.319.